The van der Waals surface area contributed by atoms with Crippen molar-refractivity contribution in [3.05, 3.63) is 29.3 Å². The minimum absolute atomic E-state index is 0.521. The second kappa shape index (κ2) is 6.65. The maximum atomic E-state index is 5.99. The first-order valence-electron chi connectivity index (χ1n) is 5.66. The highest BCUT2D eigenvalue weighted by atomic mass is 35.5. The lowest BCUT2D eigenvalue weighted by Gasteiger charge is -2.12. The molecule has 0 aliphatic rings. The van der Waals surface area contributed by atoms with E-state index >= 15 is 0 Å². The van der Waals surface area contributed by atoms with E-state index in [9.17, 15) is 0 Å². The fourth-order valence-corrected chi connectivity index (χ4v) is 2.12. The van der Waals surface area contributed by atoms with Gasteiger partial charge in [0.1, 0.15) is 17.4 Å². The summed E-state index contributed by atoms with van der Waals surface area (Å²) in [4.78, 5) is 8.54. The van der Waals surface area contributed by atoms with Crippen molar-refractivity contribution in [2.45, 2.75) is 5.16 Å². The fourth-order valence-electron chi connectivity index (χ4n) is 1.57. The van der Waals surface area contributed by atoms with Crippen molar-refractivity contribution in [2.75, 3.05) is 24.1 Å². The number of nitrogen functional groups attached to an aromatic ring is 1. The van der Waals surface area contributed by atoms with Gasteiger partial charge in [-0.25, -0.2) is 15.8 Å². The third-order valence-corrected chi connectivity index (χ3v) is 3.24. The average Bonchev–Trinajstić information content (AvgIpc) is 2.47. The smallest absolute Gasteiger partial charge is 0.191 e. The van der Waals surface area contributed by atoms with E-state index < -0.39 is 0 Å². The highest BCUT2D eigenvalue weighted by Crippen LogP contribution is 2.30. The second-order valence-electron chi connectivity index (χ2n) is 3.74. The van der Waals surface area contributed by atoms with Crippen molar-refractivity contribution in [3.63, 3.8) is 0 Å². The largest absolute Gasteiger partial charge is 0.495 e. The Morgan fingerprint density at radius 2 is 2.00 bits per heavy atom. The summed E-state index contributed by atoms with van der Waals surface area (Å²) in [5.74, 6) is 7.18. The molecule has 2 aromatic rings. The van der Waals surface area contributed by atoms with Crippen LogP contribution in [0.4, 0.5) is 17.3 Å². The van der Waals surface area contributed by atoms with Crippen molar-refractivity contribution in [1.29, 1.82) is 0 Å². The van der Waals surface area contributed by atoms with Crippen LogP contribution in [-0.4, -0.2) is 23.3 Å². The molecule has 0 saturated heterocycles. The minimum atomic E-state index is 0.521. The Labute approximate surface area is 126 Å². The van der Waals surface area contributed by atoms with Gasteiger partial charge in [-0.05, 0) is 24.5 Å². The number of hydrogen-bond acceptors (Lipinski definition) is 7. The van der Waals surface area contributed by atoms with E-state index in [1.807, 2.05) is 6.26 Å². The number of rotatable bonds is 5. The Hall–Kier alpha value is -1.70. The van der Waals surface area contributed by atoms with Crippen LogP contribution in [0.5, 0.6) is 5.75 Å². The number of thioether (sulfide) groups is 1. The molecular weight excluding hydrogens is 298 g/mol. The summed E-state index contributed by atoms with van der Waals surface area (Å²) in [7, 11) is 1.59. The molecule has 1 heterocycles. The summed E-state index contributed by atoms with van der Waals surface area (Å²) in [5, 5.41) is 4.35. The minimum Gasteiger partial charge on any atom is -0.495 e. The molecule has 2 rings (SSSR count). The normalized spacial score (nSPS) is 10.2. The van der Waals surface area contributed by atoms with Crippen LogP contribution >= 0.6 is 23.4 Å². The quantitative estimate of drug-likeness (QED) is 0.339. The molecule has 0 amide bonds. The molecule has 20 heavy (non-hydrogen) atoms. The molecule has 0 aliphatic heterocycles. The van der Waals surface area contributed by atoms with E-state index in [2.05, 4.69) is 20.7 Å². The molecule has 0 radical (unpaired) electrons. The number of nitrogens with one attached hydrogen (secondary N) is 2. The third kappa shape index (κ3) is 3.44. The molecule has 1 aromatic carbocycles. The Balaban J connectivity index is 2.36. The van der Waals surface area contributed by atoms with Crippen LogP contribution in [0.3, 0.4) is 0 Å². The van der Waals surface area contributed by atoms with Gasteiger partial charge in [0.15, 0.2) is 5.16 Å². The van der Waals surface area contributed by atoms with Gasteiger partial charge in [0.25, 0.3) is 0 Å². The first-order chi connectivity index (χ1) is 9.66. The molecule has 0 unspecified atom stereocenters. The number of nitrogens with zero attached hydrogens (tertiary/aromatic N) is 2. The maximum Gasteiger partial charge on any atom is 0.191 e. The van der Waals surface area contributed by atoms with Gasteiger partial charge in [-0.1, -0.05) is 23.4 Å². The molecule has 1 aromatic heterocycles. The van der Waals surface area contributed by atoms with Crippen LogP contribution < -0.4 is 21.3 Å². The number of benzene rings is 1. The summed E-state index contributed by atoms with van der Waals surface area (Å²) >= 11 is 7.41. The Morgan fingerprint density at radius 3 is 2.65 bits per heavy atom. The van der Waals surface area contributed by atoms with Gasteiger partial charge in [-0.3, -0.25) is 0 Å². The van der Waals surface area contributed by atoms with E-state index in [-0.39, 0.29) is 0 Å². The number of nitrogens with two attached hydrogens (primary N) is 1. The maximum absolute atomic E-state index is 5.99. The zero-order chi connectivity index (χ0) is 14.5. The number of halogens is 1. The van der Waals surface area contributed by atoms with Crippen LogP contribution in [0.1, 0.15) is 0 Å². The van der Waals surface area contributed by atoms with Gasteiger partial charge >= 0.3 is 0 Å². The summed E-state index contributed by atoms with van der Waals surface area (Å²) in [6, 6.07) is 6.99. The van der Waals surface area contributed by atoms with Gasteiger partial charge in [0.2, 0.25) is 0 Å². The molecule has 0 saturated carbocycles. The molecule has 4 N–H and O–H groups in total. The summed E-state index contributed by atoms with van der Waals surface area (Å²) < 4.78 is 5.28. The van der Waals surface area contributed by atoms with Gasteiger partial charge in [0.05, 0.1) is 12.8 Å². The SMILES string of the molecule is COc1ccc(Cl)cc1Nc1cc(NN)nc(SC)n1. The highest BCUT2D eigenvalue weighted by molar-refractivity contribution is 7.98. The molecular formula is C12H14ClN5OS. The number of aromatic nitrogens is 2. The molecule has 0 fully saturated rings. The predicted octanol–water partition coefficient (Wildman–Crippen LogP) is 2.89. The predicted molar refractivity (Wildman–Crippen MR) is 82.9 cm³/mol. The first kappa shape index (κ1) is 14.7. The van der Waals surface area contributed by atoms with E-state index in [4.69, 9.17) is 22.2 Å². The lowest BCUT2D eigenvalue weighted by Crippen LogP contribution is -2.10. The Bertz CT molecular complexity index is 588. The van der Waals surface area contributed by atoms with Gasteiger partial charge in [-0.15, -0.1) is 0 Å². The molecule has 106 valence electrons. The first-order valence-corrected chi connectivity index (χ1v) is 7.26. The molecule has 8 heteroatoms. The van der Waals surface area contributed by atoms with E-state index in [0.717, 1.165) is 0 Å². The lowest BCUT2D eigenvalue weighted by molar-refractivity contribution is 0.417. The molecule has 0 spiro atoms. The van der Waals surface area contributed by atoms with Crippen molar-refractivity contribution < 1.29 is 4.74 Å². The van der Waals surface area contributed by atoms with Crippen LogP contribution in [-0.2, 0) is 0 Å². The number of anilines is 3. The number of ether oxygens (including phenoxy) is 1. The van der Waals surface area contributed by atoms with Gasteiger partial charge < -0.3 is 15.5 Å². The third-order valence-electron chi connectivity index (χ3n) is 2.46. The average molecular weight is 312 g/mol. The summed E-state index contributed by atoms with van der Waals surface area (Å²) in [6.07, 6.45) is 1.89. The topological polar surface area (TPSA) is 85.1 Å². The van der Waals surface area contributed by atoms with Crippen LogP contribution in [0, 0.1) is 0 Å². The van der Waals surface area contributed by atoms with Crippen molar-refractivity contribution in [3.8, 4) is 5.75 Å². The van der Waals surface area contributed by atoms with Gasteiger partial charge in [0, 0.05) is 11.1 Å². The monoisotopic (exact) mass is 311 g/mol. The number of hydrazine groups is 1. The highest BCUT2D eigenvalue weighted by Gasteiger charge is 2.08. The second-order valence-corrected chi connectivity index (χ2v) is 4.95. The van der Waals surface area contributed by atoms with Crippen molar-refractivity contribution in [1.82, 2.24) is 9.97 Å². The lowest BCUT2D eigenvalue weighted by atomic mass is 10.3. The molecule has 0 aliphatic carbocycles. The van der Waals surface area contributed by atoms with E-state index in [0.29, 0.717) is 33.3 Å². The molecule has 6 nitrogen and oxygen atoms in total. The van der Waals surface area contributed by atoms with Gasteiger partial charge in [-0.2, -0.15) is 0 Å². The van der Waals surface area contributed by atoms with E-state index in [1.54, 1.807) is 31.4 Å². The zero-order valence-electron chi connectivity index (χ0n) is 11.0. The summed E-state index contributed by atoms with van der Waals surface area (Å²) in [5.41, 5.74) is 3.22. The molecule has 0 atom stereocenters. The standard InChI is InChI=1S/C12H14ClN5OS/c1-19-9-4-3-7(13)5-8(9)15-10-6-11(18-14)17-12(16-10)20-2/h3-6H,14H2,1-2H3,(H2,15,16,17,18). The Kier molecular flexibility index (Phi) is 4.89. The van der Waals surface area contributed by atoms with Crippen LogP contribution in [0.2, 0.25) is 5.02 Å². The Morgan fingerprint density at radius 1 is 1.25 bits per heavy atom. The van der Waals surface area contributed by atoms with E-state index in [1.165, 1.54) is 11.8 Å². The molecule has 0 bridgehead atoms. The van der Waals surface area contributed by atoms with Crippen LogP contribution in [0.15, 0.2) is 29.4 Å². The fraction of sp³-hybridized carbons (Fsp3) is 0.167. The summed E-state index contributed by atoms with van der Waals surface area (Å²) in [6.45, 7) is 0. The van der Waals surface area contributed by atoms with Crippen molar-refractivity contribution >= 4 is 40.7 Å². The zero-order valence-corrected chi connectivity index (χ0v) is 12.5. The number of hydrogen-bond donors (Lipinski definition) is 3. The van der Waals surface area contributed by atoms with Crippen LogP contribution in [0.25, 0.3) is 0 Å². The number of methoxy groups -OCH3 is 1. The van der Waals surface area contributed by atoms with Crippen molar-refractivity contribution in [2.24, 2.45) is 5.84 Å².